The fraction of sp³-hybridized carbons (Fsp3) is 0.667. The molecule has 2 rings (SSSR count). The molecule has 0 spiro atoms. The second-order valence-corrected chi connectivity index (χ2v) is 7.01. The van der Waals surface area contributed by atoms with Crippen LogP contribution in [0.25, 0.3) is 0 Å². The van der Waals surface area contributed by atoms with Crippen LogP contribution in [0, 0.1) is 25.7 Å². The molecule has 1 aliphatic rings. The molecule has 0 bridgehead atoms. The highest BCUT2D eigenvalue weighted by atomic mass is 15.2. The predicted molar refractivity (Wildman–Crippen MR) is 88.5 cm³/mol. The summed E-state index contributed by atoms with van der Waals surface area (Å²) in [4.78, 5) is 2.55. The smallest absolute Gasteiger partial charge is 0.0369 e. The summed E-state index contributed by atoms with van der Waals surface area (Å²) in [5.74, 6) is 1.48. The molecule has 0 aromatic heterocycles. The first-order valence-electron chi connectivity index (χ1n) is 8.01. The van der Waals surface area contributed by atoms with Gasteiger partial charge in [-0.3, -0.25) is 0 Å². The van der Waals surface area contributed by atoms with Crippen molar-refractivity contribution in [2.24, 2.45) is 11.8 Å². The van der Waals surface area contributed by atoms with Gasteiger partial charge in [-0.2, -0.15) is 0 Å². The van der Waals surface area contributed by atoms with Crippen LogP contribution in [0.2, 0.25) is 0 Å². The van der Waals surface area contributed by atoms with E-state index in [1.54, 1.807) is 0 Å². The number of nitrogens with zero attached hydrogens (tertiary/aromatic N) is 1. The van der Waals surface area contributed by atoms with Gasteiger partial charge in [0, 0.05) is 24.8 Å². The van der Waals surface area contributed by atoms with E-state index in [9.17, 15) is 0 Å². The van der Waals surface area contributed by atoms with Crippen LogP contribution in [0.4, 0.5) is 5.69 Å². The highest BCUT2D eigenvalue weighted by molar-refractivity contribution is 5.51. The Morgan fingerprint density at radius 1 is 1.20 bits per heavy atom. The van der Waals surface area contributed by atoms with Crippen LogP contribution in [0.5, 0.6) is 0 Å². The first-order chi connectivity index (χ1) is 9.45. The average molecular weight is 274 g/mol. The van der Waals surface area contributed by atoms with Crippen LogP contribution < -0.4 is 10.2 Å². The van der Waals surface area contributed by atoms with Crippen molar-refractivity contribution in [1.29, 1.82) is 0 Å². The van der Waals surface area contributed by atoms with Crippen molar-refractivity contribution in [3.8, 4) is 0 Å². The summed E-state index contributed by atoms with van der Waals surface area (Å²) in [6.45, 7) is 14.8. The number of anilines is 1. The van der Waals surface area contributed by atoms with Gasteiger partial charge in [0.15, 0.2) is 0 Å². The Morgan fingerprint density at radius 2 is 1.95 bits per heavy atom. The fourth-order valence-corrected chi connectivity index (χ4v) is 3.03. The molecule has 1 aliphatic heterocycles. The highest BCUT2D eigenvalue weighted by Crippen LogP contribution is 2.25. The maximum absolute atomic E-state index is 3.74. The lowest BCUT2D eigenvalue weighted by Gasteiger charge is -2.39. The minimum absolute atomic E-state index is 0.628. The summed E-state index contributed by atoms with van der Waals surface area (Å²) in [5, 5.41) is 3.74. The van der Waals surface area contributed by atoms with Gasteiger partial charge in [0.1, 0.15) is 0 Å². The number of hydrogen-bond acceptors (Lipinski definition) is 2. The third-order valence-corrected chi connectivity index (χ3v) is 4.33. The first kappa shape index (κ1) is 15.4. The molecule has 20 heavy (non-hydrogen) atoms. The number of aryl methyl sites for hydroxylation is 2. The SMILES string of the molecule is Cc1ccc(N2CC(C)CC(NCC(C)C)C2)cc1C. The largest absolute Gasteiger partial charge is 0.370 e. The molecule has 0 radical (unpaired) electrons. The van der Waals surface area contributed by atoms with E-state index < -0.39 is 0 Å². The highest BCUT2D eigenvalue weighted by Gasteiger charge is 2.24. The minimum atomic E-state index is 0.628. The lowest BCUT2D eigenvalue weighted by molar-refractivity contribution is 0.339. The van der Waals surface area contributed by atoms with E-state index in [1.165, 1.54) is 29.8 Å². The number of nitrogens with one attached hydrogen (secondary N) is 1. The summed E-state index contributed by atoms with van der Waals surface area (Å²) >= 11 is 0. The van der Waals surface area contributed by atoms with Crippen LogP contribution in [-0.2, 0) is 0 Å². The third-order valence-electron chi connectivity index (χ3n) is 4.33. The summed E-state index contributed by atoms with van der Waals surface area (Å²) < 4.78 is 0. The van der Waals surface area contributed by atoms with E-state index in [0.717, 1.165) is 24.9 Å². The molecular weight excluding hydrogens is 244 g/mol. The molecule has 2 nitrogen and oxygen atoms in total. The second-order valence-electron chi connectivity index (χ2n) is 7.01. The molecule has 1 saturated heterocycles. The van der Waals surface area contributed by atoms with Gasteiger partial charge >= 0.3 is 0 Å². The standard InChI is InChI=1S/C18H30N2/c1-13(2)10-19-17-8-14(3)11-20(12-17)18-7-6-15(4)16(5)9-18/h6-7,9,13-14,17,19H,8,10-12H2,1-5H3. The van der Waals surface area contributed by atoms with Crippen molar-refractivity contribution in [3.63, 3.8) is 0 Å². The molecule has 1 aromatic rings. The van der Waals surface area contributed by atoms with Crippen LogP contribution in [0.15, 0.2) is 18.2 Å². The monoisotopic (exact) mass is 274 g/mol. The maximum atomic E-state index is 3.74. The van der Waals surface area contributed by atoms with Gasteiger partial charge in [0.2, 0.25) is 0 Å². The van der Waals surface area contributed by atoms with E-state index in [4.69, 9.17) is 0 Å². The van der Waals surface area contributed by atoms with E-state index in [0.29, 0.717) is 6.04 Å². The van der Waals surface area contributed by atoms with Gasteiger partial charge in [0.25, 0.3) is 0 Å². The lowest BCUT2D eigenvalue weighted by atomic mass is 9.94. The van der Waals surface area contributed by atoms with Crippen molar-refractivity contribution in [1.82, 2.24) is 5.32 Å². The van der Waals surface area contributed by atoms with Crippen LogP contribution in [0.3, 0.4) is 0 Å². The lowest BCUT2D eigenvalue weighted by Crippen LogP contribution is -2.49. The van der Waals surface area contributed by atoms with Crippen LogP contribution >= 0.6 is 0 Å². The van der Waals surface area contributed by atoms with Crippen molar-refractivity contribution >= 4 is 5.69 Å². The molecule has 2 unspecified atom stereocenters. The zero-order valence-electron chi connectivity index (χ0n) is 13.7. The Bertz CT molecular complexity index is 439. The van der Waals surface area contributed by atoms with Crippen molar-refractivity contribution < 1.29 is 0 Å². The Labute approximate surface area is 124 Å². The van der Waals surface area contributed by atoms with Crippen LogP contribution in [0.1, 0.15) is 38.3 Å². The van der Waals surface area contributed by atoms with Crippen molar-refractivity contribution in [2.75, 3.05) is 24.5 Å². The Kier molecular flexibility index (Phi) is 5.09. The Balaban J connectivity index is 2.05. The van der Waals surface area contributed by atoms with E-state index in [2.05, 4.69) is 63.0 Å². The van der Waals surface area contributed by atoms with Gasteiger partial charge in [-0.1, -0.05) is 26.8 Å². The summed E-state index contributed by atoms with van der Waals surface area (Å²) in [7, 11) is 0. The maximum Gasteiger partial charge on any atom is 0.0369 e. The molecule has 0 aliphatic carbocycles. The summed E-state index contributed by atoms with van der Waals surface area (Å²) in [5.41, 5.74) is 4.16. The van der Waals surface area contributed by atoms with Gasteiger partial charge < -0.3 is 10.2 Å². The second kappa shape index (κ2) is 6.62. The molecule has 0 amide bonds. The van der Waals surface area contributed by atoms with Gasteiger partial charge in [0.05, 0.1) is 0 Å². The molecule has 2 atom stereocenters. The minimum Gasteiger partial charge on any atom is -0.370 e. The zero-order chi connectivity index (χ0) is 14.7. The van der Waals surface area contributed by atoms with Gasteiger partial charge in [-0.05, 0) is 61.9 Å². The molecule has 1 fully saturated rings. The normalized spacial score (nSPS) is 23.4. The molecule has 1 aromatic carbocycles. The van der Waals surface area contributed by atoms with E-state index >= 15 is 0 Å². The van der Waals surface area contributed by atoms with Crippen LogP contribution in [-0.4, -0.2) is 25.7 Å². The first-order valence-corrected chi connectivity index (χ1v) is 8.01. The summed E-state index contributed by atoms with van der Waals surface area (Å²) in [6, 6.07) is 7.50. The number of rotatable bonds is 4. The molecule has 1 N–H and O–H groups in total. The zero-order valence-corrected chi connectivity index (χ0v) is 13.7. The van der Waals surface area contributed by atoms with E-state index in [1.807, 2.05) is 0 Å². The van der Waals surface area contributed by atoms with Gasteiger partial charge in [-0.15, -0.1) is 0 Å². The number of hydrogen-bond donors (Lipinski definition) is 1. The number of piperidine rings is 1. The van der Waals surface area contributed by atoms with Crippen molar-refractivity contribution in [3.05, 3.63) is 29.3 Å². The molecular formula is C18H30N2. The number of benzene rings is 1. The quantitative estimate of drug-likeness (QED) is 0.899. The van der Waals surface area contributed by atoms with E-state index in [-0.39, 0.29) is 0 Å². The van der Waals surface area contributed by atoms with Crippen molar-refractivity contribution in [2.45, 2.75) is 47.1 Å². The van der Waals surface area contributed by atoms with Gasteiger partial charge in [-0.25, -0.2) is 0 Å². The summed E-state index contributed by atoms with van der Waals surface area (Å²) in [6.07, 6.45) is 1.30. The molecule has 112 valence electrons. The molecule has 2 heteroatoms. The Hall–Kier alpha value is -1.02. The topological polar surface area (TPSA) is 15.3 Å². The Morgan fingerprint density at radius 3 is 2.60 bits per heavy atom. The third kappa shape index (κ3) is 3.99. The molecule has 0 saturated carbocycles. The molecule has 1 heterocycles. The predicted octanol–water partition coefficient (Wildman–Crippen LogP) is 3.76. The average Bonchev–Trinajstić information content (AvgIpc) is 2.39. The fourth-order valence-electron chi connectivity index (χ4n) is 3.03.